The topological polar surface area (TPSA) is 46.5 Å². The van der Waals surface area contributed by atoms with Crippen molar-refractivity contribution in [2.75, 3.05) is 7.11 Å². The molecule has 1 N–H and O–H groups in total. The van der Waals surface area contributed by atoms with Crippen LogP contribution in [0.25, 0.3) is 0 Å². The predicted octanol–water partition coefficient (Wildman–Crippen LogP) is 3.40. The zero-order valence-corrected chi connectivity index (χ0v) is 12.1. The van der Waals surface area contributed by atoms with Crippen LogP contribution in [0.4, 0.5) is 0 Å². The van der Waals surface area contributed by atoms with Gasteiger partial charge < -0.3 is 9.84 Å². The molecule has 1 rings (SSSR count). The van der Waals surface area contributed by atoms with E-state index in [1.165, 1.54) is 0 Å². The second kappa shape index (κ2) is 5.54. The Morgan fingerprint density at radius 1 is 1.24 bits per heavy atom. The number of halogens is 1. The van der Waals surface area contributed by atoms with Crippen LogP contribution in [0, 0.1) is 20.8 Å². The van der Waals surface area contributed by atoms with Gasteiger partial charge in [-0.3, -0.25) is 4.79 Å². The van der Waals surface area contributed by atoms with E-state index in [0.29, 0.717) is 6.42 Å². The van der Waals surface area contributed by atoms with E-state index >= 15 is 0 Å². The number of carbonyl (C=O) groups is 1. The number of carboxylic acids is 1. The van der Waals surface area contributed by atoms with Crippen molar-refractivity contribution in [3.8, 4) is 5.75 Å². The summed E-state index contributed by atoms with van der Waals surface area (Å²) >= 11 is 3.51. The van der Waals surface area contributed by atoms with E-state index in [1.54, 1.807) is 7.11 Å². The van der Waals surface area contributed by atoms with Gasteiger partial charge in [0, 0.05) is 6.42 Å². The fourth-order valence-corrected chi connectivity index (χ4v) is 2.69. The van der Waals surface area contributed by atoms with Crippen LogP contribution in [0.5, 0.6) is 5.75 Å². The van der Waals surface area contributed by atoms with Crippen molar-refractivity contribution >= 4 is 21.9 Å². The average Bonchev–Trinajstić information content (AvgIpc) is 2.27. The quantitative estimate of drug-likeness (QED) is 0.927. The Balaban J connectivity index is 3.27. The highest BCUT2D eigenvalue weighted by atomic mass is 79.9. The Kier molecular flexibility index (Phi) is 4.57. The highest BCUT2D eigenvalue weighted by Crippen LogP contribution is 2.37. The molecule has 0 aliphatic carbocycles. The van der Waals surface area contributed by atoms with Gasteiger partial charge in [-0.25, -0.2) is 0 Å². The molecule has 0 aliphatic heterocycles. The first kappa shape index (κ1) is 14.0. The van der Waals surface area contributed by atoms with Crippen molar-refractivity contribution in [2.45, 2.75) is 33.6 Å². The van der Waals surface area contributed by atoms with Gasteiger partial charge in [0.15, 0.2) is 0 Å². The van der Waals surface area contributed by atoms with Crippen molar-refractivity contribution in [1.29, 1.82) is 0 Å². The summed E-state index contributed by atoms with van der Waals surface area (Å²) in [6.07, 6.45) is 0.705. The summed E-state index contributed by atoms with van der Waals surface area (Å²) in [4.78, 5) is 10.7. The standard InChI is InChI=1S/C13H17BrO3/c1-7-8(2)13(17-4)12(14)9(3)10(7)5-6-11(15)16/h5-6H2,1-4H3,(H,15,16). The van der Waals surface area contributed by atoms with Crippen molar-refractivity contribution in [1.82, 2.24) is 0 Å². The van der Waals surface area contributed by atoms with E-state index in [4.69, 9.17) is 9.84 Å². The molecule has 0 unspecified atom stereocenters. The molecule has 0 heterocycles. The molecule has 0 saturated heterocycles. The lowest BCUT2D eigenvalue weighted by atomic mass is 9.94. The molecule has 0 radical (unpaired) electrons. The van der Waals surface area contributed by atoms with Crippen molar-refractivity contribution < 1.29 is 14.6 Å². The normalized spacial score (nSPS) is 10.4. The number of carboxylic acid groups (broad SMARTS) is 1. The lowest BCUT2D eigenvalue weighted by Crippen LogP contribution is -2.04. The van der Waals surface area contributed by atoms with Crippen LogP contribution >= 0.6 is 15.9 Å². The van der Waals surface area contributed by atoms with Gasteiger partial charge in [-0.2, -0.15) is 0 Å². The van der Waals surface area contributed by atoms with Crippen LogP contribution in [-0.4, -0.2) is 18.2 Å². The molecule has 0 fully saturated rings. The van der Waals surface area contributed by atoms with Gasteiger partial charge in [0.1, 0.15) is 5.75 Å². The summed E-state index contributed by atoms with van der Waals surface area (Å²) in [6.45, 7) is 5.98. The molecule has 1 aromatic carbocycles. The van der Waals surface area contributed by atoms with E-state index in [0.717, 1.165) is 32.5 Å². The van der Waals surface area contributed by atoms with E-state index < -0.39 is 5.97 Å². The SMILES string of the molecule is COc1c(C)c(C)c(CCC(=O)O)c(C)c1Br. The second-order valence-electron chi connectivity index (χ2n) is 4.09. The van der Waals surface area contributed by atoms with Crippen LogP contribution in [0.15, 0.2) is 4.47 Å². The highest BCUT2D eigenvalue weighted by molar-refractivity contribution is 9.10. The summed E-state index contributed by atoms with van der Waals surface area (Å²) in [5, 5.41) is 8.76. The molecule has 3 nitrogen and oxygen atoms in total. The molecule has 0 atom stereocenters. The van der Waals surface area contributed by atoms with Crippen LogP contribution in [0.1, 0.15) is 28.7 Å². The Morgan fingerprint density at radius 3 is 2.29 bits per heavy atom. The van der Waals surface area contributed by atoms with Crippen molar-refractivity contribution in [3.63, 3.8) is 0 Å². The first-order chi connectivity index (χ1) is 7.90. The van der Waals surface area contributed by atoms with Gasteiger partial charge in [0.05, 0.1) is 11.6 Å². The van der Waals surface area contributed by atoms with Gasteiger partial charge in [0.2, 0.25) is 0 Å². The maximum atomic E-state index is 10.7. The van der Waals surface area contributed by atoms with Crippen LogP contribution in [-0.2, 0) is 11.2 Å². The monoisotopic (exact) mass is 300 g/mol. The number of hydrogen-bond acceptors (Lipinski definition) is 2. The van der Waals surface area contributed by atoms with Crippen molar-refractivity contribution in [2.24, 2.45) is 0 Å². The number of rotatable bonds is 4. The first-order valence-electron chi connectivity index (χ1n) is 5.44. The third kappa shape index (κ3) is 2.80. The molecule has 0 aliphatic rings. The number of ether oxygens (including phenoxy) is 1. The molecule has 17 heavy (non-hydrogen) atoms. The molecule has 0 aromatic heterocycles. The molecule has 0 saturated carbocycles. The molecule has 4 heteroatoms. The summed E-state index contributed by atoms with van der Waals surface area (Å²) in [6, 6.07) is 0. The lowest BCUT2D eigenvalue weighted by Gasteiger charge is -2.18. The first-order valence-corrected chi connectivity index (χ1v) is 6.23. The average molecular weight is 301 g/mol. The largest absolute Gasteiger partial charge is 0.495 e. The molecule has 0 bridgehead atoms. The Labute approximate surface area is 110 Å². The fraction of sp³-hybridized carbons (Fsp3) is 0.462. The molecule has 94 valence electrons. The van der Waals surface area contributed by atoms with Crippen LogP contribution in [0.3, 0.4) is 0 Å². The van der Waals surface area contributed by atoms with Crippen LogP contribution in [0.2, 0.25) is 0 Å². The summed E-state index contributed by atoms with van der Waals surface area (Å²) in [5.41, 5.74) is 4.33. The van der Waals surface area contributed by atoms with Gasteiger partial charge in [-0.1, -0.05) is 0 Å². The number of hydrogen-bond donors (Lipinski definition) is 1. The third-order valence-electron chi connectivity index (χ3n) is 3.13. The maximum absolute atomic E-state index is 10.7. The number of aliphatic carboxylic acids is 1. The molecule has 0 amide bonds. The van der Waals surface area contributed by atoms with Crippen LogP contribution < -0.4 is 4.74 Å². The lowest BCUT2D eigenvalue weighted by molar-refractivity contribution is -0.136. The number of benzene rings is 1. The zero-order valence-electron chi connectivity index (χ0n) is 10.6. The molecule has 1 aromatic rings. The highest BCUT2D eigenvalue weighted by Gasteiger charge is 2.16. The number of methoxy groups -OCH3 is 1. The maximum Gasteiger partial charge on any atom is 0.303 e. The minimum atomic E-state index is -0.770. The molecular weight excluding hydrogens is 284 g/mol. The Bertz CT molecular complexity index is 423. The summed E-state index contributed by atoms with van der Waals surface area (Å²) in [5.74, 6) is 0.0625. The van der Waals surface area contributed by atoms with Gasteiger partial charge >= 0.3 is 5.97 Å². The second-order valence-corrected chi connectivity index (χ2v) is 4.89. The zero-order chi connectivity index (χ0) is 13.2. The minimum Gasteiger partial charge on any atom is -0.495 e. The van der Waals surface area contributed by atoms with Gasteiger partial charge in [0.25, 0.3) is 0 Å². The van der Waals surface area contributed by atoms with Gasteiger partial charge in [-0.15, -0.1) is 0 Å². The Morgan fingerprint density at radius 2 is 1.82 bits per heavy atom. The predicted molar refractivity (Wildman–Crippen MR) is 70.9 cm³/mol. The molecule has 0 spiro atoms. The van der Waals surface area contributed by atoms with E-state index in [2.05, 4.69) is 15.9 Å². The molecular formula is C13H17BrO3. The minimum absolute atomic E-state index is 0.153. The fourth-order valence-electron chi connectivity index (χ4n) is 1.99. The van der Waals surface area contributed by atoms with Gasteiger partial charge in [-0.05, 0) is 65.4 Å². The van der Waals surface area contributed by atoms with E-state index in [9.17, 15) is 4.79 Å². The van der Waals surface area contributed by atoms with E-state index in [1.807, 2.05) is 20.8 Å². The summed E-state index contributed by atoms with van der Waals surface area (Å²) < 4.78 is 6.27. The summed E-state index contributed by atoms with van der Waals surface area (Å²) in [7, 11) is 1.64. The smallest absolute Gasteiger partial charge is 0.303 e. The third-order valence-corrected chi connectivity index (χ3v) is 4.08. The van der Waals surface area contributed by atoms with Crippen molar-refractivity contribution in [3.05, 3.63) is 26.7 Å². The Hall–Kier alpha value is -1.03. The van der Waals surface area contributed by atoms with E-state index in [-0.39, 0.29) is 6.42 Å².